The molecule has 2 heterocycles. The van der Waals surface area contributed by atoms with Crippen LogP contribution in [0.1, 0.15) is 6.92 Å². The highest BCUT2D eigenvalue weighted by Gasteiger charge is 2.34. The average Bonchev–Trinajstić information content (AvgIpc) is 2.10. The van der Waals surface area contributed by atoms with E-state index in [-0.39, 0.29) is 11.3 Å². The number of rotatable bonds is 3. The number of nitrogens with zero attached hydrogens (tertiary/aromatic N) is 2. The fraction of sp³-hybridized carbons (Fsp3) is 0.556. The maximum atomic E-state index is 12.6. The molecule has 1 aliphatic heterocycles. The van der Waals surface area contributed by atoms with Crippen LogP contribution in [0.4, 0.5) is 8.78 Å². The van der Waals surface area contributed by atoms with Crippen LogP contribution in [0.5, 0.6) is 5.88 Å². The minimum Gasteiger partial charge on any atom is -0.477 e. The van der Waals surface area contributed by atoms with Crippen LogP contribution < -0.4 is 4.74 Å². The normalized spacial score (nSPS) is 18.3. The number of hydrogen-bond donors (Lipinski definition) is 0. The largest absolute Gasteiger partial charge is 0.477 e. The van der Waals surface area contributed by atoms with Gasteiger partial charge in [0.1, 0.15) is 0 Å². The number of aromatic nitrogens is 2. The van der Waals surface area contributed by atoms with Gasteiger partial charge in [0.25, 0.3) is 0 Å². The van der Waals surface area contributed by atoms with Gasteiger partial charge in [0.05, 0.1) is 25.9 Å². The molecule has 4 nitrogen and oxygen atoms in total. The molecule has 0 atom stereocenters. The van der Waals surface area contributed by atoms with Crippen molar-refractivity contribution in [1.82, 2.24) is 9.97 Å². The minimum absolute atomic E-state index is 0.0854. The van der Waals surface area contributed by atoms with Crippen LogP contribution >= 0.6 is 0 Å². The topological polar surface area (TPSA) is 44.2 Å². The fourth-order valence-electron chi connectivity index (χ4n) is 1.23. The summed E-state index contributed by atoms with van der Waals surface area (Å²) in [5.74, 6) is -1.03. The molecule has 1 fully saturated rings. The lowest BCUT2D eigenvalue weighted by Gasteiger charge is -2.37. The van der Waals surface area contributed by atoms with Crippen LogP contribution in [0.15, 0.2) is 6.07 Å². The molecule has 1 aromatic rings. The Bertz CT molecular complexity index is 349. The minimum atomic E-state index is -1.12. The third-order valence-electron chi connectivity index (χ3n) is 2.11. The predicted molar refractivity (Wildman–Crippen MR) is 46.4 cm³/mol. The van der Waals surface area contributed by atoms with Gasteiger partial charge in [-0.3, -0.25) is 0 Å². The average molecular weight is 216 g/mol. The van der Waals surface area contributed by atoms with E-state index < -0.39 is 12.0 Å². The number of halogens is 2. The zero-order chi connectivity index (χ0) is 10.9. The lowest BCUT2D eigenvalue weighted by molar-refractivity contribution is -0.120. The summed E-state index contributed by atoms with van der Waals surface area (Å²) in [5.41, 5.74) is -0.0854. The standard InChI is InChI=1S/C9H10F2N2O2/c1-9(3-14-4-9)5-15-7-2-6(10)12-8(11)13-7/h2H,3-5H2,1H3. The maximum Gasteiger partial charge on any atom is 0.314 e. The van der Waals surface area contributed by atoms with Crippen LogP contribution in [0.25, 0.3) is 0 Å². The van der Waals surface area contributed by atoms with E-state index in [2.05, 4.69) is 9.97 Å². The molecule has 6 heteroatoms. The third-order valence-corrected chi connectivity index (χ3v) is 2.11. The molecule has 1 saturated heterocycles. The molecule has 0 aromatic carbocycles. The van der Waals surface area contributed by atoms with Gasteiger partial charge in [-0.05, 0) is 0 Å². The second-order valence-corrected chi connectivity index (χ2v) is 3.89. The molecular weight excluding hydrogens is 206 g/mol. The van der Waals surface area contributed by atoms with Gasteiger partial charge in [0, 0.05) is 5.41 Å². The molecule has 82 valence electrons. The molecular formula is C9H10F2N2O2. The van der Waals surface area contributed by atoms with Crippen LogP contribution in [0, 0.1) is 17.4 Å². The lowest BCUT2D eigenvalue weighted by atomic mass is 9.90. The van der Waals surface area contributed by atoms with E-state index in [9.17, 15) is 8.78 Å². The van der Waals surface area contributed by atoms with Crippen molar-refractivity contribution in [2.45, 2.75) is 6.92 Å². The van der Waals surface area contributed by atoms with Crippen molar-refractivity contribution in [3.05, 3.63) is 18.1 Å². The van der Waals surface area contributed by atoms with Crippen molar-refractivity contribution in [3.63, 3.8) is 0 Å². The molecule has 0 unspecified atom stereocenters. The van der Waals surface area contributed by atoms with Crippen molar-refractivity contribution < 1.29 is 18.3 Å². The van der Waals surface area contributed by atoms with Crippen molar-refractivity contribution in [1.29, 1.82) is 0 Å². The van der Waals surface area contributed by atoms with E-state index in [0.717, 1.165) is 6.07 Å². The van der Waals surface area contributed by atoms with E-state index in [1.807, 2.05) is 6.92 Å². The van der Waals surface area contributed by atoms with Gasteiger partial charge in [-0.2, -0.15) is 18.7 Å². The first-order chi connectivity index (χ1) is 7.07. The van der Waals surface area contributed by atoms with Gasteiger partial charge in [0.15, 0.2) is 0 Å². The molecule has 0 radical (unpaired) electrons. The summed E-state index contributed by atoms with van der Waals surface area (Å²) in [5, 5.41) is 0. The summed E-state index contributed by atoms with van der Waals surface area (Å²) >= 11 is 0. The zero-order valence-electron chi connectivity index (χ0n) is 8.17. The zero-order valence-corrected chi connectivity index (χ0v) is 8.17. The highest BCUT2D eigenvalue weighted by molar-refractivity contribution is 5.07. The molecule has 2 rings (SSSR count). The van der Waals surface area contributed by atoms with Gasteiger partial charge in [-0.25, -0.2) is 0 Å². The molecule has 1 aliphatic rings. The van der Waals surface area contributed by atoms with Crippen LogP contribution in [0.3, 0.4) is 0 Å². The summed E-state index contributed by atoms with van der Waals surface area (Å²) in [4.78, 5) is 6.18. The SMILES string of the molecule is CC1(COc2cc(F)nc(F)n2)COC1. The molecule has 0 saturated carbocycles. The first kappa shape index (κ1) is 10.2. The van der Waals surface area contributed by atoms with Gasteiger partial charge < -0.3 is 9.47 Å². The highest BCUT2D eigenvalue weighted by Crippen LogP contribution is 2.27. The van der Waals surface area contributed by atoms with E-state index in [4.69, 9.17) is 9.47 Å². The van der Waals surface area contributed by atoms with E-state index in [1.165, 1.54) is 0 Å². The van der Waals surface area contributed by atoms with E-state index in [0.29, 0.717) is 19.8 Å². The van der Waals surface area contributed by atoms with E-state index >= 15 is 0 Å². The molecule has 0 aliphatic carbocycles. The third kappa shape index (κ3) is 2.38. The van der Waals surface area contributed by atoms with Gasteiger partial charge in [-0.1, -0.05) is 6.92 Å². The molecule has 0 spiro atoms. The van der Waals surface area contributed by atoms with Crippen LogP contribution in [-0.2, 0) is 4.74 Å². The predicted octanol–water partition coefficient (Wildman–Crippen LogP) is 1.17. The Balaban J connectivity index is 1.98. The van der Waals surface area contributed by atoms with Crippen LogP contribution in [0.2, 0.25) is 0 Å². The second-order valence-electron chi connectivity index (χ2n) is 3.89. The molecule has 1 aromatic heterocycles. The first-order valence-corrected chi connectivity index (χ1v) is 4.48. The lowest BCUT2D eigenvalue weighted by Crippen LogP contribution is -2.44. The number of hydrogen-bond acceptors (Lipinski definition) is 4. The Morgan fingerprint density at radius 1 is 1.47 bits per heavy atom. The van der Waals surface area contributed by atoms with Gasteiger partial charge in [0.2, 0.25) is 11.8 Å². The van der Waals surface area contributed by atoms with Crippen molar-refractivity contribution in [2.75, 3.05) is 19.8 Å². The smallest absolute Gasteiger partial charge is 0.314 e. The van der Waals surface area contributed by atoms with Crippen molar-refractivity contribution in [3.8, 4) is 5.88 Å². The van der Waals surface area contributed by atoms with Gasteiger partial charge >= 0.3 is 6.08 Å². The number of ether oxygens (including phenoxy) is 2. The fourth-order valence-corrected chi connectivity index (χ4v) is 1.23. The maximum absolute atomic E-state index is 12.6. The van der Waals surface area contributed by atoms with Crippen LogP contribution in [-0.4, -0.2) is 29.8 Å². The summed E-state index contributed by atoms with van der Waals surface area (Å²) < 4.78 is 35.4. The Morgan fingerprint density at radius 3 is 2.73 bits per heavy atom. The van der Waals surface area contributed by atoms with Crippen molar-refractivity contribution in [2.24, 2.45) is 5.41 Å². The second kappa shape index (κ2) is 3.69. The Labute approximate surface area is 85.2 Å². The Morgan fingerprint density at radius 2 is 2.20 bits per heavy atom. The Kier molecular flexibility index (Phi) is 2.52. The van der Waals surface area contributed by atoms with Gasteiger partial charge in [-0.15, -0.1) is 0 Å². The Hall–Kier alpha value is -1.30. The summed E-state index contributed by atoms with van der Waals surface area (Å²) in [7, 11) is 0. The van der Waals surface area contributed by atoms with E-state index in [1.54, 1.807) is 0 Å². The molecule has 15 heavy (non-hydrogen) atoms. The quantitative estimate of drug-likeness (QED) is 0.562. The first-order valence-electron chi connectivity index (χ1n) is 4.48. The molecule has 0 amide bonds. The summed E-state index contributed by atoms with van der Waals surface area (Å²) in [6, 6.07) is 0.950. The van der Waals surface area contributed by atoms with Crippen molar-refractivity contribution >= 4 is 0 Å². The molecule has 0 N–H and O–H groups in total. The highest BCUT2D eigenvalue weighted by atomic mass is 19.1. The summed E-state index contributed by atoms with van der Waals surface area (Å²) in [6.45, 7) is 3.46. The summed E-state index contributed by atoms with van der Waals surface area (Å²) in [6.07, 6.45) is -1.12. The molecule has 0 bridgehead atoms. The monoisotopic (exact) mass is 216 g/mol.